The lowest BCUT2D eigenvalue weighted by Gasteiger charge is -2.26. The number of aryl methyl sites for hydroxylation is 1. The molecule has 0 aliphatic rings. The Balaban J connectivity index is 3.15. The standard InChI is InChI=1S/C10H17N3O3/c1-10(6-11,16-4)8-5-7(9(14)15-3)12-13(8)2/h5H,6,11H2,1-4H3. The summed E-state index contributed by atoms with van der Waals surface area (Å²) in [6.07, 6.45) is 0. The number of nitrogens with two attached hydrogens (primary N) is 1. The minimum Gasteiger partial charge on any atom is -0.464 e. The Bertz CT molecular complexity index is 383. The number of hydrogen-bond donors (Lipinski definition) is 1. The zero-order valence-corrected chi connectivity index (χ0v) is 9.98. The molecule has 0 radical (unpaired) electrons. The van der Waals surface area contributed by atoms with Crippen LogP contribution in [0.25, 0.3) is 0 Å². The maximum absolute atomic E-state index is 11.3. The lowest BCUT2D eigenvalue weighted by Crippen LogP contribution is -2.35. The van der Waals surface area contributed by atoms with E-state index in [1.807, 2.05) is 6.92 Å². The second-order valence-electron chi connectivity index (χ2n) is 3.67. The van der Waals surface area contributed by atoms with Crippen LogP contribution in [0.5, 0.6) is 0 Å². The Morgan fingerprint density at radius 1 is 1.62 bits per heavy atom. The first-order valence-corrected chi connectivity index (χ1v) is 4.86. The maximum atomic E-state index is 11.3. The summed E-state index contributed by atoms with van der Waals surface area (Å²) in [5.41, 5.74) is 5.98. The van der Waals surface area contributed by atoms with Crippen LogP contribution >= 0.6 is 0 Å². The smallest absolute Gasteiger partial charge is 0.358 e. The van der Waals surface area contributed by atoms with Gasteiger partial charge in [0.2, 0.25) is 0 Å². The summed E-state index contributed by atoms with van der Waals surface area (Å²) in [6.45, 7) is 2.13. The van der Waals surface area contributed by atoms with Gasteiger partial charge in [-0.3, -0.25) is 4.68 Å². The summed E-state index contributed by atoms with van der Waals surface area (Å²) in [7, 11) is 4.61. The Morgan fingerprint density at radius 3 is 2.69 bits per heavy atom. The number of aromatic nitrogens is 2. The predicted octanol–water partition coefficient (Wildman–Crippen LogP) is 0.0270. The first-order chi connectivity index (χ1) is 7.48. The zero-order chi connectivity index (χ0) is 12.3. The van der Waals surface area contributed by atoms with Crippen molar-refractivity contribution in [2.45, 2.75) is 12.5 Å². The molecule has 0 aliphatic carbocycles. The lowest BCUT2D eigenvalue weighted by atomic mass is 10.0. The molecule has 0 amide bonds. The van der Waals surface area contributed by atoms with Crippen LogP contribution in [-0.2, 0) is 22.1 Å². The average molecular weight is 227 g/mol. The quantitative estimate of drug-likeness (QED) is 0.734. The van der Waals surface area contributed by atoms with Crippen LogP contribution in [0.4, 0.5) is 0 Å². The fourth-order valence-electron chi connectivity index (χ4n) is 1.46. The van der Waals surface area contributed by atoms with E-state index < -0.39 is 11.6 Å². The van der Waals surface area contributed by atoms with Crippen LogP contribution in [0.1, 0.15) is 23.1 Å². The number of carbonyl (C=O) groups excluding carboxylic acids is 1. The van der Waals surface area contributed by atoms with E-state index in [0.717, 1.165) is 5.69 Å². The fourth-order valence-corrected chi connectivity index (χ4v) is 1.46. The van der Waals surface area contributed by atoms with Gasteiger partial charge < -0.3 is 15.2 Å². The third-order valence-electron chi connectivity index (χ3n) is 2.66. The highest BCUT2D eigenvalue weighted by molar-refractivity contribution is 5.87. The monoisotopic (exact) mass is 227 g/mol. The van der Waals surface area contributed by atoms with Crippen molar-refractivity contribution in [1.82, 2.24) is 9.78 Å². The molecule has 0 aliphatic heterocycles. The first kappa shape index (κ1) is 12.7. The van der Waals surface area contributed by atoms with Crippen LogP contribution in [0.2, 0.25) is 0 Å². The minimum absolute atomic E-state index is 0.247. The molecule has 0 fully saturated rings. The average Bonchev–Trinajstić information content (AvgIpc) is 2.70. The van der Waals surface area contributed by atoms with E-state index in [1.165, 1.54) is 7.11 Å². The fraction of sp³-hybridized carbons (Fsp3) is 0.600. The molecule has 16 heavy (non-hydrogen) atoms. The molecule has 2 N–H and O–H groups in total. The number of methoxy groups -OCH3 is 2. The molecule has 0 spiro atoms. The van der Waals surface area contributed by atoms with Crippen molar-refractivity contribution < 1.29 is 14.3 Å². The molecule has 0 saturated heterocycles. The van der Waals surface area contributed by atoms with Crippen LogP contribution in [-0.4, -0.2) is 36.5 Å². The summed E-state index contributed by atoms with van der Waals surface area (Å²) in [6, 6.07) is 1.63. The number of hydrogen-bond acceptors (Lipinski definition) is 5. The van der Waals surface area contributed by atoms with Crippen LogP contribution in [0.3, 0.4) is 0 Å². The van der Waals surface area contributed by atoms with Crippen molar-refractivity contribution >= 4 is 5.97 Å². The van der Waals surface area contributed by atoms with Crippen LogP contribution < -0.4 is 5.73 Å². The lowest BCUT2D eigenvalue weighted by molar-refractivity contribution is 0.00332. The summed E-state index contributed by atoms with van der Waals surface area (Å²) in [5, 5.41) is 4.05. The van der Waals surface area contributed by atoms with E-state index in [2.05, 4.69) is 9.84 Å². The van der Waals surface area contributed by atoms with Gasteiger partial charge in [0.05, 0.1) is 12.8 Å². The van der Waals surface area contributed by atoms with E-state index in [-0.39, 0.29) is 5.69 Å². The normalized spacial score (nSPS) is 14.6. The minimum atomic E-state index is -0.659. The molecule has 1 aromatic heterocycles. The number of esters is 1. The summed E-state index contributed by atoms with van der Waals surface area (Å²) < 4.78 is 11.5. The van der Waals surface area contributed by atoms with E-state index >= 15 is 0 Å². The molecule has 6 nitrogen and oxygen atoms in total. The summed E-state index contributed by atoms with van der Waals surface area (Å²) in [5.74, 6) is -0.475. The van der Waals surface area contributed by atoms with Crippen molar-refractivity contribution in [3.8, 4) is 0 Å². The van der Waals surface area contributed by atoms with E-state index in [1.54, 1.807) is 24.9 Å². The number of ether oxygens (including phenoxy) is 2. The second kappa shape index (κ2) is 4.63. The van der Waals surface area contributed by atoms with Gasteiger partial charge in [-0.2, -0.15) is 5.10 Å². The highest BCUT2D eigenvalue weighted by Gasteiger charge is 2.29. The molecule has 1 atom stereocenters. The van der Waals surface area contributed by atoms with Crippen molar-refractivity contribution in [2.24, 2.45) is 12.8 Å². The van der Waals surface area contributed by atoms with Crippen LogP contribution in [0, 0.1) is 0 Å². The third kappa shape index (κ3) is 2.07. The van der Waals surface area contributed by atoms with Gasteiger partial charge in [-0.05, 0) is 13.0 Å². The molecule has 1 rings (SSSR count). The van der Waals surface area contributed by atoms with E-state index in [4.69, 9.17) is 10.5 Å². The highest BCUT2D eigenvalue weighted by Crippen LogP contribution is 2.23. The van der Waals surface area contributed by atoms with Crippen molar-refractivity contribution in [2.75, 3.05) is 20.8 Å². The highest BCUT2D eigenvalue weighted by atomic mass is 16.5. The van der Waals surface area contributed by atoms with Gasteiger partial charge >= 0.3 is 5.97 Å². The molecule has 1 aromatic rings. The maximum Gasteiger partial charge on any atom is 0.358 e. The van der Waals surface area contributed by atoms with Crippen molar-refractivity contribution in [3.05, 3.63) is 17.5 Å². The summed E-state index contributed by atoms with van der Waals surface area (Å²) >= 11 is 0. The first-order valence-electron chi connectivity index (χ1n) is 4.86. The molecule has 1 heterocycles. The molecular formula is C10H17N3O3. The van der Waals surface area contributed by atoms with Gasteiger partial charge in [-0.15, -0.1) is 0 Å². The largest absolute Gasteiger partial charge is 0.464 e. The molecule has 0 aromatic carbocycles. The second-order valence-corrected chi connectivity index (χ2v) is 3.67. The summed E-state index contributed by atoms with van der Waals surface area (Å²) in [4.78, 5) is 11.3. The van der Waals surface area contributed by atoms with Crippen LogP contribution in [0.15, 0.2) is 6.07 Å². The van der Waals surface area contributed by atoms with E-state index in [0.29, 0.717) is 6.54 Å². The predicted molar refractivity (Wildman–Crippen MR) is 58.0 cm³/mol. The Labute approximate surface area is 94.3 Å². The molecule has 6 heteroatoms. The Kier molecular flexibility index (Phi) is 3.66. The van der Waals surface area contributed by atoms with Gasteiger partial charge in [0, 0.05) is 20.7 Å². The molecule has 0 saturated carbocycles. The SMILES string of the molecule is COC(=O)c1cc(C(C)(CN)OC)n(C)n1. The van der Waals surface area contributed by atoms with Crippen molar-refractivity contribution in [3.63, 3.8) is 0 Å². The van der Waals surface area contributed by atoms with Gasteiger partial charge in [-0.25, -0.2) is 4.79 Å². The van der Waals surface area contributed by atoms with E-state index in [9.17, 15) is 4.79 Å². The van der Waals surface area contributed by atoms with Gasteiger partial charge in [0.15, 0.2) is 5.69 Å². The Hall–Kier alpha value is -1.40. The number of rotatable bonds is 4. The molecule has 1 unspecified atom stereocenters. The van der Waals surface area contributed by atoms with Gasteiger partial charge in [-0.1, -0.05) is 0 Å². The molecular weight excluding hydrogens is 210 g/mol. The zero-order valence-electron chi connectivity index (χ0n) is 9.98. The number of nitrogens with zero attached hydrogens (tertiary/aromatic N) is 2. The topological polar surface area (TPSA) is 79.4 Å². The molecule has 0 bridgehead atoms. The van der Waals surface area contributed by atoms with Gasteiger partial charge in [0.25, 0.3) is 0 Å². The van der Waals surface area contributed by atoms with Gasteiger partial charge in [0.1, 0.15) is 5.60 Å². The Morgan fingerprint density at radius 2 is 2.25 bits per heavy atom. The molecule has 90 valence electrons. The number of carbonyl (C=O) groups is 1. The third-order valence-corrected chi connectivity index (χ3v) is 2.66. The van der Waals surface area contributed by atoms with Crippen molar-refractivity contribution in [1.29, 1.82) is 0 Å².